The highest BCUT2D eigenvalue weighted by Crippen LogP contribution is 2.28. The second kappa shape index (κ2) is 10.0. The average molecular weight is 381 g/mol. The first-order chi connectivity index (χ1) is 12.2. The highest BCUT2D eigenvalue weighted by atomic mass is 32.2. The van der Waals surface area contributed by atoms with Crippen molar-refractivity contribution in [2.75, 3.05) is 31.1 Å². The van der Waals surface area contributed by atoms with Crippen molar-refractivity contribution in [3.8, 4) is 11.5 Å². The van der Waals surface area contributed by atoms with Crippen LogP contribution in [0.25, 0.3) is 0 Å². The SMILES string of the molecule is CCN(CC)CC.Nc1ccc(Oc2ccc(N)c(S(=O)(=O)O)c2)cc1. The highest BCUT2D eigenvalue weighted by Gasteiger charge is 2.15. The number of nitrogens with zero attached hydrogens (tertiary/aromatic N) is 1. The van der Waals surface area contributed by atoms with Gasteiger partial charge in [0.25, 0.3) is 10.1 Å². The van der Waals surface area contributed by atoms with E-state index in [0.29, 0.717) is 11.4 Å². The van der Waals surface area contributed by atoms with Crippen molar-refractivity contribution in [1.82, 2.24) is 4.90 Å². The number of hydrogen-bond acceptors (Lipinski definition) is 6. The Bertz CT molecular complexity index is 783. The molecule has 0 amide bonds. The molecular formula is C18H27N3O4S. The number of nitrogen functional groups attached to an aromatic ring is 2. The minimum absolute atomic E-state index is 0.0489. The largest absolute Gasteiger partial charge is 0.457 e. The van der Waals surface area contributed by atoms with E-state index in [0.717, 1.165) is 6.07 Å². The molecule has 2 aromatic rings. The lowest BCUT2D eigenvalue weighted by Gasteiger charge is -2.13. The van der Waals surface area contributed by atoms with Crippen molar-refractivity contribution in [3.05, 3.63) is 42.5 Å². The van der Waals surface area contributed by atoms with Crippen LogP contribution in [0.4, 0.5) is 11.4 Å². The first-order valence-electron chi connectivity index (χ1n) is 8.34. The van der Waals surface area contributed by atoms with Crippen molar-refractivity contribution in [2.24, 2.45) is 0 Å². The number of anilines is 2. The summed E-state index contributed by atoms with van der Waals surface area (Å²) in [6, 6.07) is 10.6. The Labute approximate surface area is 155 Å². The summed E-state index contributed by atoms with van der Waals surface area (Å²) >= 11 is 0. The fraction of sp³-hybridized carbons (Fsp3) is 0.333. The Balaban J connectivity index is 0.000000412. The molecule has 0 atom stereocenters. The maximum atomic E-state index is 11.1. The van der Waals surface area contributed by atoms with Crippen LogP contribution in [-0.4, -0.2) is 37.5 Å². The van der Waals surface area contributed by atoms with E-state index >= 15 is 0 Å². The summed E-state index contributed by atoms with van der Waals surface area (Å²) in [5, 5.41) is 0. The summed E-state index contributed by atoms with van der Waals surface area (Å²) < 4.78 is 36.7. The van der Waals surface area contributed by atoms with Gasteiger partial charge in [-0.1, -0.05) is 20.8 Å². The van der Waals surface area contributed by atoms with E-state index in [-0.39, 0.29) is 16.3 Å². The molecule has 2 aromatic carbocycles. The second-order valence-corrected chi connectivity index (χ2v) is 6.86. The van der Waals surface area contributed by atoms with Crippen molar-refractivity contribution in [3.63, 3.8) is 0 Å². The third kappa shape index (κ3) is 6.91. The fourth-order valence-electron chi connectivity index (χ4n) is 2.14. The van der Waals surface area contributed by atoms with Crippen LogP contribution in [0, 0.1) is 0 Å². The smallest absolute Gasteiger partial charge is 0.296 e. The van der Waals surface area contributed by atoms with Gasteiger partial charge in [0.05, 0.1) is 5.69 Å². The van der Waals surface area contributed by atoms with Gasteiger partial charge < -0.3 is 21.1 Å². The molecule has 0 bridgehead atoms. The minimum atomic E-state index is -4.38. The number of benzene rings is 2. The standard InChI is InChI=1S/C12H12N2O4S.C6H15N/c13-8-1-3-9(4-2-8)18-10-5-6-11(14)12(7-10)19(15,16)17;1-4-7(5-2)6-3/h1-7H,13-14H2,(H,15,16,17);4-6H2,1-3H3. The Kier molecular flexibility index (Phi) is 8.37. The number of rotatable bonds is 6. The first kappa shape index (κ1) is 21.8. The van der Waals surface area contributed by atoms with E-state index in [1.54, 1.807) is 24.3 Å². The van der Waals surface area contributed by atoms with Crippen LogP contribution < -0.4 is 16.2 Å². The number of nitrogens with two attached hydrogens (primary N) is 2. The summed E-state index contributed by atoms with van der Waals surface area (Å²) in [6.07, 6.45) is 0. The van der Waals surface area contributed by atoms with Crippen molar-refractivity contribution < 1.29 is 17.7 Å². The summed E-state index contributed by atoms with van der Waals surface area (Å²) in [6.45, 7) is 10.1. The molecule has 0 spiro atoms. The summed E-state index contributed by atoms with van der Waals surface area (Å²) in [7, 11) is -4.38. The van der Waals surface area contributed by atoms with Crippen LogP contribution in [0.15, 0.2) is 47.4 Å². The van der Waals surface area contributed by atoms with E-state index in [1.165, 1.54) is 31.8 Å². The molecular weight excluding hydrogens is 354 g/mol. The van der Waals surface area contributed by atoms with Gasteiger partial charge in [0, 0.05) is 11.8 Å². The van der Waals surface area contributed by atoms with Crippen LogP contribution >= 0.6 is 0 Å². The van der Waals surface area contributed by atoms with Crippen LogP contribution in [0.2, 0.25) is 0 Å². The van der Waals surface area contributed by atoms with Crippen molar-refractivity contribution in [2.45, 2.75) is 25.7 Å². The predicted molar refractivity (Wildman–Crippen MR) is 105 cm³/mol. The molecule has 144 valence electrons. The van der Waals surface area contributed by atoms with Gasteiger partial charge in [0.2, 0.25) is 0 Å². The molecule has 0 aliphatic heterocycles. The van der Waals surface area contributed by atoms with Crippen molar-refractivity contribution in [1.29, 1.82) is 0 Å². The molecule has 26 heavy (non-hydrogen) atoms. The molecule has 2 rings (SSSR count). The molecule has 7 nitrogen and oxygen atoms in total. The van der Waals surface area contributed by atoms with Crippen LogP contribution in [-0.2, 0) is 10.1 Å². The van der Waals surface area contributed by atoms with Gasteiger partial charge in [-0.25, -0.2) is 0 Å². The number of ether oxygens (including phenoxy) is 1. The summed E-state index contributed by atoms with van der Waals surface area (Å²) in [4.78, 5) is 1.99. The van der Waals surface area contributed by atoms with E-state index in [1.807, 2.05) is 0 Å². The zero-order valence-corrected chi connectivity index (χ0v) is 16.2. The second-order valence-electron chi connectivity index (χ2n) is 5.47. The molecule has 0 aliphatic rings. The molecule has 0 saturated carbocycles. The van der Waals surface area contributed by atoms with Gasteiger partial charge in [-0.2, -0.15) is 8.42 Å². The quantitative estimate of drug-likeness (QED) is 0.519. The van der Waals surface area contributed by atoms with Gasteiger partial charge >= 0.3 is 0 Å². The van der Waals surface area contributed by atoms with Crippen LogP contribution in [0.1, 0.15) is 20.8 Å². The zero-order chi connectivity index (χ0) is 19.7. The van der Waals surface area contributed by atoms with Crippen molar-refractivity contribution >= 4 is 21.5 Å². The van der Waals surface area contributed by atoms with Crippen LogP contribution in [0.3, 0.4) is 0 Å². The predicted octanol–water partition coefficient (Wildman–Crippen LogP) is 3.24. The monoisotopic (exact) mass is 381 g/mol. The zero-order valence-electron chi connectivity index (χ0n) is 15.3. The minimum Gasteiger partial charge on any atom is -0.457 e. The molecule has 0 unspecified atom stereocenters. The molecule has 0 aromatic heterocycles. The van der Waals surface area contributed by atoms with Gasteiger partial charge in [-0.3, -0.25) is 4.55 Å². The van der Waals surface area contributed by atoms with E-state index in [4.69, 9.17) is 20.8 Å². The Morgan fingerprint density at radius 2 is 1.42 bits per heavy atom. The Morgan fingerprint density at radius 1 is 0.923 bits per heavy atom. The molecule has 8 heteroatoms. The molecule has 0 fully saturated rings. The molecule has 0 saturated heterocycles. The molecule has 0 aliphatic carbocycles. The lowest BCUT2D eigenvalue weighted by atomic mass is 10.3. The fourth-order valence-corrected chi connectivity index (χ4v) is 2.78. The first-order valence-corrected chi connectivity index (χ1v) is 9.78. The van der Waals surface area contributed by atoms with E-state index < -0.39 is 10.1 Å². The molecule has 5 N–H and O–H groups in total. The lowest BCUT2D eigenvalue weighted by Crippen LogP contribution is -2.21. The number of hydrogen-bond donors (Lipinski definition) is 3. The van der Waals surface area contributed by atoms with Gasteiger partial charge in [0.15, 0.2) is 0 Å². The van der Waals surface area contributed by atoms with Gasteiger partial charge in [-0.15, -0.1) is 0 Å². The summed E-state index contributed by atoms with van der Waals surface area (Å²) in [5.74, 6) is 0.729. The van der Waals surface area contributed by atoms with E-state index in [2.05, 4.69) is 25.7 Å². The lowest BCUT2D eigenvalue weighted by molar-refractivity contribution is 0.321. The molecule has 0 radical (unpaired) electrons. The Morgan fingerprint density at radius 3 is 1.85 bits per heavy atom. The summed E-state index contributed by atoms with van der Waals surface area (Å²) in [5.41, 5.74) is 11.6. The average Bonchev–Trinajstić information content (AvgIpc) is 2.60. The third-order valence-corrected chi connectivity index (χ3v) is 4.63. The third-order valence-electron chi connectivity index (χ3n) is 3.72. The van der Waals surface area contributed by atoms with Crippen LogP contribution in [0.5, 0.6) is 11.5 Å². The van der Waals surface area contributed by atoms with Gasteiger partial charge in [0.1, 0.15) is 16.4 Å². The van der Waals surface area contributed by atoms with Gasteiger partial charge in [-0.05, 0) is 56.0 Å². The maximum absolute atomic E-state index is 11.1. The Hall–Kier alpha value is -2.29. The topological polar surface area (TPSA) is 119 Å². The highest BCUT2D eigenvalue weighted by molar-refractivity contribution is 7.86. The van der Waals surface area contributed by atoms with E-state index in [9.17, 15) is 8.42 Å². The normalized spacial score (nSPS) is 11.0. The maximum Gasteiger partial charge on any atom is 0.296 e. The molecule has 0 heterocycles.